The topological polar surface area (TPSA) is 23.8 Å². The third-order valence-electron chi connectivity index (χ3n) is 4.48. The third kappa shape index (κ3) is 1.21. The Balaban J connectivity index is 2.00. The predicted octanol–water partition coefficient (Wildman–Crippen LogP) is 4.17. The smallest absolute Gasteiger partial charge is 0.0699 e. The first-order valence-electron chi connectivity index (χ1n) is 5.90. The van der Waals surface area contributed by atoms with Gasteiger partial charge in [0.2, 0.25) is 0 Å². The molecule has 0 aromatic heterocycles. The van der Waals surface area contributed by atoms with E-state index < -0.39 is 0 Å². The summed E-state index contributed by atoms with van der Waals surface area (Å²) >= 11 is 3.47. The lowest BCUT2D eigenvalue weighted by Gasteiger charge is -2.43. The van der Waals surface area contributed by atoms with Crippen LogP contribution in [-0.2, 0) is 5.41 Å². The molecule has 0 spiro atoms. The van der Waals surface area contributed by atoms with E-state index in [1.165, 1.54) is 24.8 Å². The molecule has 1 nitrogen and oxygen atoms in total. The van der Waals surface area contributed by atoms with Crippen molar-refractivity contribution in [2.24, 2.45) is 5.41 Å². The molecule has 0 atom stereocenters. The van der Waals surface area contributed by atoms with Crippen molar-refractivity contribution in [2.75, 3.05) is 0 Å². The first kappa shape index (κ1) is 10.4. The Bertz CT molecular complexity index is 447. The van der Waals surface area contributed by atoms with Crippen LogP contribution in [0, 0.1) is 16.7 Å². The number of nitriles is 1. The van der Waals surface area contributed by atoms with Crippen LogP contribution in [0.15, 0.2) is 28.7 Å². The van der Waals surface area contributed by atoms with Gasteiger partial charge in [-0.3, -0.25) is 0 Å². The van der Waals surface area contributed by atoms with E-state index in [4.69, 9.17) is 0 Å². The van der Waals surface area contributed by atoms with Crippen molar-refractivity contribution in [3.63, 3.8) is 0 Å². The predicted molar refractivity (Wildman–Crippen MR) is 67.0 cm³/mol. The molecule has 0 N–H and O–H groups in total. The number of hydrogen-bond acceptors (Lipinski definition) is 1. The summed E-state index contributed by atoms with van der Waals surface area (Å²) in [5, 5.41) is 9.47. The molecule has 2 aliphatic rings. The summed E-state index contributed by atoms with van der Waals surface area (Å²) in [5.41, 5.74) is 1.53. The minimum atomic E-state index is -0.0408. The van der Waals surface area contributed by atoms with E-state index in [1.807, 2.05) is 0 Å². The summed E-state index contributed by atoms with van der Waals surface area (Å²) in [6.45, 7) is 0. The van der Waals surface area contributed by atoms with Crippen LogP contribution < -0.4 is 0 Å². The van der Waals surface area contributed by atoms with Gasteiger partial charge < -0.3 is 0 Å². The zero-order chi connectivity index (χ0) is 11.2. The van der Waals surface area contributed by atoms with Gasteiger partial charge in [0.05, 0.1) is 11.5 Å². The maximum Gasteiger partial charge on any atom is 0.0699 e. The number of rotatable bonds is 2. The maximum atomic E-state index is 9.47. The Labute approximate surface area is 105 Å². The lowest BCUT2D eigenvalue weighted by molar-refractivity contribution is 0.150. The molecule has 2 aliphatic carbocycles. The van der Waals surface area contributed by atoms with Gasteiger partial charge in [-0.2, -0.15) is 5.26 Å². The zero-order valence-corrected chi connectivity index (χ0v) is 10.8. The van der Waals surface area contributed by atoms with E-state index in [-0.39, 0.29) is 10.8 Å². The third-order valence-corrected chi connectivity index (χ3v) is 5.01. The van der Waals surface area contributed by atoms with Crippen molar-refractivity contribution in [1.82, 2.24) is 0 Å². The molecule has 0 saturated heterocycles. The van der Waals surface area contributed by atoms with Crippen molar-refractivity contribution in [1.29, 1.82) is 5.26 Å². The quantitative estimate of drug-likeness (QED) is 0.795. The fourth-order valence-electron chi connectivity index (χ4n) is 3.17. The first-order valence-corrected chi connectivity index (χ1v) is 6.69. The molecule has 0 unspecified atom stereocenters. The van der Waals surface area contributed by atoms with E-state index in [1.54, 1.807) is 0 Å². The van der Waals surface area contributed by atoms with Crippen LogP contribution in [0.1, 0.15) is 37.7 Å². The Morgan fingerprint density at radius 3 is 2.06 bits per heavy atom. The number of benzene rings is 1. The van der Waals surface area contributed by atoms with Gasteiger partial charge in [-0.1, -0.05) is 34.5 Å². The second kappa shape index (κ2) is 3.34. The molecule has 2 heteroatoms. The van der Waals surface area contributed by atoms with Crippen molar-refractivity contribution < 1.29 is 0 Å². The van der Waals surface area contributed by atoms with Crippen LogP contribution in [0.5, 0.6) is 0 Å². The van der Waals surface area contributed by atoms with E-state index in [0.717, 1.165) is 17.3 Å². The van der Waals surface area contributed by atoms with Gasteiger partial charge in [0.15, 0.2) is 0 Å². The number of halogens is 1. The summed E-state index contributed by atoms with van der Waals surface area (Å²) < 4.78 is 1.12. The molecule has 1 aromatic carbocycles. The van der Waals surface area contributed by atoms with E-state index in [2.05, 4.69) is 46.3 Å². The average Bonchev–Trinajstić information content (AvgIpc) is 3.00. The molecule has 0 bridgehead atoms. The van der Waals surface area contributed by atoms with E-state index in [0.29, 0.717) is 0 Å². The largest absolute Gasteiger partial charge is 0.198 e. The Kier molecular flexibility index (Phi) is 2.16. The highest BCUT2D eigenvalue weighted by molar-refractivity contribution is 9.10. The molecule has 2 saturated carbocycles. The number of nitrogens with zero attached hydrogens (tertiary/aromatic N) is 1. The Morgan fingerprint density at radius 1 is 1.06 bits per heavy atom. The highest BCUT2D eigenvalue weighted by atomic mass is 79.9. The minimum Gasteiger partial charge on any atom is -0.198 e. The molecule has 0 radical (unpaired) electrons. The Morgan fingerprint density at radius 2 is 1.69 bits per heavy atom. The lowest BCUT2D eigenvalue weighted by Crippen LogP contribution is -2.40. The van der Waals surface area contributed by atoms with Gasteiger partial charge in [0.1, 0.15) is 0 Å². The summed E-state index contributed by atoms with van der Waals surface area (Å²) in [6, 6.07) is 11.2. The second-order valence-electron chi connectivity index (χ2n) is 5.14. The molecule has 0 heterocycles. The monoisotopic (exact) mass is 275 g/mol. The van der Waals surface area contributed by atoms with Crippen molar-refractivity contribution in [3.05, 3.63) is 34.3 Å². The normalized spacial score (nSPS) is 24.2. The van der Waals surface area contributed by atoms with Gasteiger partial charge in [0.25, 0.3) is 0 Å². The van der Waals surface area contributed by atoms with Gasteiger partial charge in [-0.15, -0.1) is 0 Å². The molecule has 82 valence electrons. The fourth-order valence-corrected chi connectivity index (χ4v) is 3.43. The van der Waals surface area contributed by atoms with Crippen molar-refractivity contribution >= 4 is 15.9 Å². The van der Waals surface area contributed by atoms with Gasteiger partial charge >= 0.3 is 0 Å². The summed E-state index contributed by atoms with van der Waals surface area (Å²) in [5.74, 6) is 0. The van der Waals surface area contributed by atoms with E-state index >= 15 is 0 Å². The molecular formula is C14H14BrN. The van der Waals surface area contributed by atoms with E-state index in [9.17, 15) is 5.26 Å². The van der Waals surface area contributed by atoms with Crippen LogP contribution in [0.4, 0.5) is 0 Å². The summed E-state index contributed by atoms with van der Waals surface area (Å²) in [7, 11) is 0. The molecule has 3 rings (SSSR count). The van der Waals surface area contributed by atoms with Crippen LogP contribution in [-0.4, -0.2) is 0 Å². The van der Waals surface area contributed by atoms with Crippen LogP contribution in [0.25, 0.3) is 0 Å². The highest BCUT2D eigenvalue weighted by Gasteiger charge is 2.62. The molecule has 0 aliphatic heterocycles. The van der Waals surface area contributed by atoms with Crippen LogP contribution in [0.2, 0.25) is 0 Å². The van der Waals surface area contributed by atoms with Gasteiger partial charge in [-0.05, 0) is 43.4 Å². The molecule has 2 fully saturated rings. The molecular weight excluding hydrogens is 262 g/mol. The van der Waals surface area contributed by atoms with Crippen LogP contribution >= 0.6 is 15.9 Å². The Hall–Kier alpha value is -0.810. The average molecular weight is 276 g/mol. The van der Waals surface area contributed by atoms with Gasteiger partial charge in [-0.25, -0.2) is 0 Å². The highest BCUT2D eigenvalue weighted by Crippen LogP contribution is 2.67. The van der Waals surface area contributed by atoms with Crippen LogP contribution in [0.3, 0.4) is 0 Å². The zero-order valence-electron chi connectivity index (χ0n) is 9.17. The standard InChI is InChI=1S/C14H14BrN/c15-12-4-2-11(3-5-12)14(8-9-14)13(10-16)6-1-7-13/h2-5H,1,6-9H2. The molecule has 1 aromatic rings. The lowest BCUT2D eigenvalue weighted by atomic mass is 9.58. The SMILES string of the molecule is N#CC1(C2(c3ccc(Br)cc3)CC2)CCC1. The maximum absolute atomic E-state index is 9.47. The molecule has 0 amide bonds. The van der Waals surface area contributed by atoms with Gasteiger partial charge in [0, 0.05) is 9.89 Å². The first-order chi connectivity index (χ1) is 7.72. The van der Waals surface area contributed by atoms with Crippen molar-refractivity contribution in [3.8, 4) is 6.07 Å². The summed E-state index contributed by atoms with van der Waals surface area (Å²) in [4.78, 5) is 0. The number of hydrogen-bond donors (Lipinski definition) is 0. The fraction of sp³-hybridized carbons (Fsp3) is 0.500. The molecule has 16 heavy (non-hydrogen) atoms. The summed E-state index contributed by atoms with van der Waals surface area (Å²) in [6.07, 6.45) is 5.81. The second-order valence-corrected chi connectivity index (χ2v) is 6.05. The van der Waals surface area contributed by atoms with Crippen molar-refractivity contribution in [2.45, 2.75) is 37.5 Å². The minimum absolute atomic E-state index is 0.0408.